The van der Waals surface area contributed by atoms with Crippen molar-refractivity contribution in [3.05, 3.63) is 76.2 Å². The van der Waals surface area contributed by atoms with Crippen molar-refractivity contribution in [2.45, 2.75) is 26.7 Å². The average Bonchev–Trinajstić information content (AvgIpc) is 2.57. The summed E-state index contributed by atoms with van der Waals surface area (Å²) in [5.41, 5.74) is 4.96. The van der Waals surface area contributed by atoms with E-state index in [0.29, 0.717) is 15.7 Å². The molecule has 0 amide bonds. The predicted octanol–water partition coefficient (Wildman–Crippen LogP) is 6.18. The highest BCUT2D eigenvalue weighted by Gasteiger charge is 2.20. The molecule has 2 aromatic rings. The van der Waals surface area contributed by atoms with Crippen molar-refractivity contribution in [3.63, 3.8) is 0 Å². The second-order valence-electron chi connectivity index (χ2n) is 4.93. The minimum atomic E-state index is 0.528. The Hall–Kier alpha value is -1.77. The van der Waals surface area contributed by atoms with Crippen molar-refractivity contribution in [2.75, 3.05) is 0 Å². The molecule has 0 spiro atoms. The Balaban J connectivity index is 0.000000924. The number of allylic oxidation sites excluding steroid dienone is 2. The maximum Gasteiger partial charge on any atom is 0.105 e. The zero-order valence-corrected chi connectivity index (χ0v) is 14.9. The molecule has 1 N–H and O–H groups in total. The maximum absolute atomic E-state index is 6.31. The first-order valence-corrected chi connectivity index (χ1v) is 8.45. The summed E-state index contributed by atoms with van der Waals surface area (Å²) < 4.78 is 0. The van der Waals surface area contributed by atoms with E-state index in [1.807, 2.05) is 32.0 Å². The van der Waals surface area contributed by atoms with Crippen molar-refractivity contribution in [1.29, 1.82) is 0 Å². The smallest absolute Gasteiger partial charge is 0.105 e. The zero-order chi connectivity index (χ0) is 16.8. The van der Waals surface area contributed by atoms with Gasteiger partial charge in [0.2, 0.25) is 0 Å². The fourth-order valence-electron chi connectivity index (χ4n) is 2.44. The molecule has 0 saturated heterocycles. The Labute approximate surface area is 147 Å². The SMILES string of the molecule is C=C1CCC(c2ccccc2)=C(c2ncc(Cl)cc2Cl)N1.CC. The van der Waals surface area contributed by atoms with Crippen LogP contribution in [0.15, 0.2) is 54.9 Å². The van der Waals surface area contributed by atoms with Gasteiger partial charge in [-0.15, -0.1) is 0 Å². The van der Waals surface area contributed by atoms with Crippen molar-refractivity contribution in [1.82, 2.24) is 10.3 Å². The summed E-state index contributed by atoms with van der Waals surface area (Å²) in [5, 5.41) is 4.40. The van der Waals surface area contributed by atoms with E-state index in [2.05, 4.69) is 29.0 Å². The molecule has 2 heterocycles. The van der Waals surface area contributed by atoms with Crippen LogP contribution in [-0.4, -0.2) is 4.98 Å². The lowest BCUT2D eigenvalue weighted by Crippen LogP contribution is -2.19. The molecule has 0 radical (unpaired) electrons. The topological polar surface area (TPSA) is 24.9 Å². The monoisotopic (exact) mass is 346 g/mol. The second kappa shape index (κ2) is 8.19. The first-order chi connectivity index (χ1) is 11.1. The fraction of sp³-hybridized carbons (Fsp3) is 0.211. The standard InChI is InChI=1S/C17H14Cl2N2.C2H6/c1-11-7-8-14(12-5-3-2-4-6-12)16(21-11)17-15(19)9-13(18)10-20-17;1-2/h2-6,9-10,21H,1,7-8H2;1-2H3. The average molecular weight is 347 g/mol. The molecule has 1 aromatic carbocycles. The second-order valence-corrected chi connectivity index (χ2v) is 5.78. The third-order valence-corrected chi connectivity index (χ3v) is 3.94. The molecule has 1 aliphatic heterocycles. The number of aromatic nitrogens is 1. The summed E-state index contributed by atoms with van der Waals surface area (Å²) in [6.07, 6.45) is 3.42. The van der Waals surface area contributed by atoms with Crippen molar-refractivity contribution in [3.8, 4) is 0 Å². The van der Waals surface area contributed by atoms with E-state index in [1.165, 1.54) is 11.1 Å². The molecule has 0 bridgehead atoms. The number of pyridine rings is 1. The van der Waals surface area contributed by atoms with Gasteiger partial charge in [-0.3, -0.25) is 4.98 Å². The van der Waals surface area contributed by atoms with Crippen LogP contribution in [0.25, 0.3) is 11.3 Å². The number of halogens is 2. The van der Waals surface area contributed by atoms with E-state index in [0.717, 1.165) is 24.2 Å². The van der Waals surface area contributed by atoms with Gasteiger partial charge in [0.05, 0.1) is 15.7 Å². The summed E-state index contributed by atoms with van der Waals surface area (Å²) in [6, 6.07) is 12.0. The molecule has 0 fully saturated rings. The highest BCUT2D eigenvalue weighted by Crippen LogP contribution is 2.35. The number of hydrogen-bond donors (Lipinski definition) is 1. The molecule has 1 aromatic heterocycles. The number of benzene rings is 1. The van der Waals surface area contributed by atoms with E-state index in [1.54, 1.807) is 12.3 Å². The Morgan fingerprint density at radius 1 is 1.09 bits per heavy atom. The zero-order valence-electron chi connectivity index (χ0n) is 13.4. The number of rotatable bonds is 2. The minimum absolute atomic E-state index is 0.528. The third-order valence-electron chi connectivity index (χ3n) is 3.45. The molecule has 0 saturated carbocycles. The highest BCUT2D eigenvalue weighted by molar-refractivity contribution is 6.35. The van der Waals surface area contributed by atoms with Gasteiger partial charge >= 0.3 is 0 Å². The van der Waals surface area contributed by atoms with Crippen LogP contribution in [0, 0.1) is 0 Å². The van der Waals surface area contributed by atoms with Crippen LogP contribution in [0.2, 0.25) is 10.0 Å². The van der Waals surface area contributed by atoms with Crippen molar-refractivity contribution >= 4 is 34.5 Å². The lowest BCUT2D eigenvalue weighted by molar-refractivity contribution is 0.869. The molecule has 120 valence electrons. The van der Waals surface area contributed by atoms with E-state index >= 15 is 0 Å². The van der Waals surface area contributed by atoms with Gasteiger partial charge < -0.3 is 5.32 Å². The summed E-state index contributed by atoms with van der Waals surface area (Å²) >= 11 is 12.2. The number of nitrogens with one attached hydrogen (secondary N) is 1. The molecular formula is C19H20Cl2N2. The van der Waals surface area contributed by atoms with Crippen LogP contribution < -0.4 is 5.32 Å². The Bertz CT molecular complexity index is 721. The lowest BCUT2D eigenvalue weighted by Gasteiger charge is -2.24. The van der Waals surface area contributed by atoms with Gasteiger partial charge in [-0.2, -0.15) is 0 Å². The molecule has 4 heteroatoms. The van der Waals surface area contributed by atoms with E-state index in [4.69, 9.17) is 23.2 Å². The molecule has 1 aliphatic rings. The summed E-state index contributed by atoms with van der Waals surface area (Å²) in [4.78, 5) is 4.39. The van der Waals surface area contributed by atoms with Crippen LogP contribution in [0.5, 0.6) is 0 Å². The van der Waals surface area contributed by atoms with Crippen LogP contribution in [0.4, 0.5) is 0 Å². The summed E-state index contributed by atoms with van der Waals surface area (Å²) in [7, 11) is 0. The third kappa shape index (κ3) is 4.15. The van der Waals surface area contributed by atoms with Crippen molar-refractivity contribution < 1.29 is 0 Å². The molecular weight excluding hydrogens is 327 g/mol. The lowest BCUT2D eigenvalue weighted by atomic mass is 9.93. The van der Waals surface area contributed by atoms with Crippen LogP contribution in [0.1, 0.15) is 37.9 Å². The molecule has 3 rings (SSSR count). The summed E-state index contributed by atoms with van der Waals surface area (Å²) in [5.74, 6) is 0. The molecule has 23 heavy (non-hydrogen) atoms. The van der Waals surface area contributed by atoms with E-state index in [-0.39, 0.29) is 0 Å². The van der Waals surface area contributed by atoms with Crippen LogP contribution in [-0.2, 0) is 0 Å². The van der Waals surface area contributed by atoms with Crippen molar-refractivity contribution in [2.24, 2.45) is 0 Å². The highest BCUT2D eigenvalue weighted by atomic mass is 35.5. The molecule has 2 nitrogen and oxygen atoms in total. The quantitative estimate of drug-likeness (QED) is 0.702. The summed E-state index contributed by atoms with van der Waals surface area (Å²) in [6.45, 7) is 8.02. The first-order valence-electron chi connectivity index (χ1n) is 7.70. The Morgan fingerprint density at radius 3 is 2.43 bits per heavy atom. The molecule has 0 unspecified atom stereocenters. The Kier molecular flexibility index (Phi) is 6.26. The van der Waals surface area contributed by atoms with Gasteiger partial charge in [0, 0.05) is 11.9 Å². The number of hydrogen-bond acceptors (Lipinski definition) is 2. The van der Waals surface area contributed by atoms with Crippen LogP contribution in [0.3, 0.4) is 0 Å². The van der Waals surface area contributed by atoms with Gasteiger partial charge in [-0.1, -0.05) is 74.0 Å². The van der Waals surface area contributed by atoms with Crippen LogP contribution >= 0.6 is 23.2 Å². The number of nitrogens with zero attached hydrogens (tertiary/aromatic N) is 1. The minimum Gasteiger partial charge on any atom is -0.357 e. The molecule has 0 aliphatic carbocycles. The predicted molar refractivity (Wildman–Crippen MR) is 100 cm³/mol. The van der Waals surface area contributed by atoms with Gasteiger partial charge in [0.1, 0.15) is 5.69 Å². The van der Waals surface area contributed by atoms with Gasteiger partial charge in [0.15, 0.2) is 0 Å². The molecule has 0 atom stereocenters. The van der Waals surface area contributed by atoms with Gasteiger partial charge in [-0.25, -0.2) is 0 Å². The fourth-order valence-corrected chi connectivity index (χ4v) is 2.92. The first kappa shape index (κ1) is 17.6. The van der Waals surface area contributed by atoms with Gasteiger partial charge in [0.25, 0.3) is 0 Å². The largest absolute Gasteiger partial charge is 0.357 e. The Morgan fingerprint density at radius 2 is 1.78 bits per heavy atom. The van der Waals surface area contributed by atoms with Gasteiger partial charge in [-0.05, 0) is 30.0 Å². The van der Waals surface area contributed by atoms with E-state index in [9.17, 15) is 0 Å². The normalized spacial score (nSPS) is 14.0. The maximum atomic E-state index is 6.31. The van der Waals surface area contributed by atoms with E-state index < -0.39 is 0 Å².